The number of ether oxygens (including phenoxy) is 1. The molecule has 1 saturated carbocycles. The summed E-state index contributed by atoms with van der Waals surface area (Å²) in [5.74, 6) is -1.64. The van der Waals surface area contributed by atoms with E-state index in [1.54, 1.807) is 0 Å². The molecule has 2 amide bonds. The maximum Gasteiger partial charge on any atom is 0.407 e. The van der Waals surface area contributed by atoms with Crippen LogP contribution in [0, 0.1) is 5.41 Å². The van der Waals surface area contributed by atoms with Gasteiger partial charge in [-0.05, 0) is 35.1 Å². The standard InChI is InChI=1S/C24H26N2O6/c27-21(28)14-32-26-22(29)24(11-5-6-12-24)15-25-23(30)31-13-20-18-9-3-1-7-16(18)17-8-2-4-10-19(17)20/h1-4,7-10,20H,5-6,11-15H2,(H,25,30)(H,26,29)(H,27,28). The minimum absolute atomic E-state index is 0.0405. The van der Waals surface area contributed by atoms with E-state index in [9.17, 15) is 14.4 Å². The lowest BCUT2D eigenvalue weighted by Gasteiger charge is -2.27. The first-order valence-corrected chi connectivity index (χ1v) is 10.7. The van der Waals surface area contributed by atoms with Gasteiger partial charge in [0, 0.05) is 12.5 Å². The highest BCUT2D eigenvalue weighted by atomic mass is 16.7. The lowest BCUT2D eigenvalue weighted by atomic mass is 9.85. The second-order valence-electron chi connectivity index (χ2n) is 8.28. The van der Waals surface area contributed by atoms with E-state index in [1.165, 1.54) is 0 Å². The van der Waals surface area contributed by atoms with Crippen molar-refractivity contribution in [3.63, 3.8) is 0 Å². The zero-order valence-electron chi connectivity index (χ0n) is 17.6. The summed E-state index contributed by atoms with van der Waals surface area (Å²) < 4.78 is 5.55. The van der Waals surface area contributed by atoms with Crippen molar-refractivity contribution in [2.75, 3.05) is 19.8 Å². The van der Waals surface area contributed by atoms with Crippen LogP contribution in [0.1, 0.15) is 42.7 Å². The summed E-state index contributed by atoms with van der Waals surface area (Å²) in [5, 5.41) is 11.4. The fraction of sp³-hybridized carbons (Fsp3) is 0.375. The van der Waals surface area contributed by atoms with Crippen LogP contribution in [0.15, 0.2) is 48.5 Å². The third kappa shape index (κ3) is 4.45. The highest BCUT2D eigenvalue weighted by Gasteiger charge is 2.42. The Bertz CT molecular complexity index is 970. The molecule has 4 rings (SSSR count). The van der Waals surface area contributed by atoms with Crippen LogP contribution in [0.3, 0.4) is 0 Å². The van der Waals surface area contributed by atoms with Crippen LogP contribution in [0.2, 0.25) is 0 Å². The van der Waals surface area contributed by atoms with Gasteiger partial charge in [0.05, 0.1) is 5.41 Å². The molecule has 2 aromatic rings. The number of carboxylic acids is 1. The number of hydrogen-bond donors (Lipinski definition) is 3. The lowest BCUT2D eigenvalue weighted by molar-refractivity contribution is -0.153. The van der Waals surface area contributed by atoms with E-state index in [0.29, 0.717) is 12.8 Å². The average Bonchev–Trinajstić information content (AvgIpc) is 3.40. The fourth-order valence-electron chi connectivity index (χ4n) is 4.70. The van der Waals surface area contributed by atoms with Crippen molar-refractivity contribution in [2.24, 2.45) is 5.41 Å². The fourth-order valence-corrected chi connectivity index (χ4v) is 4.70. The summed E-state index contributed by atoms with van der Waals surface area (Å²) in [5.41, 5.74) is 5.94. The van der Waals surface area contributed by atoms with Crippen LogP contribution in [0.4, 0.5) is 4.79 Å². The van der Waals surface area contributed by atoms with Crippen LogP contribution in [-0.2, 0) is 19.2 Å². The van der Waals surface area contributed by atoms with Crippen molar-refractivity contribution < 1.29 is 29.1 Å². The van der Waals surface area contributed by atoms with E-state index in [1.807, 2.05) is 24.3 Å². The van der Waals surface area contributed by atoms with E-state index in [4.69, 9.17) is 14.7 Å². The number of alkyl carbamates (subject to hydrolysis) is 1. The summed E-state index contributed by atoms with van der Waals surface area (Å²) in [4.78, 5) is 40.4. The van der Waals surface area contributed by atoms with Gasteiger partial charge in [0.15, 0.2) is 6.61 Å². The molecule has 1 fully saturated rings. The predicted molar refractivity (Wildman–Crippen MR) is 116 cm³/mol. The van der Waals surface area contributed by atoms with Crippen molar-refractivity contribution in [1.82, 2.24) is 10.8 Å². The predicted octanol–water partition coefficient (Wildman–Crippen LogP) is 3.22. The second-order valence-corrected chi connectivity index (χ2v) is 8.28. The van der Waals surface area contributed by atoms with Crippen LogP contribution in [0.25, 0.3) is 11.1 Å². The molecule has 0 radical (unpaired) electrons. The zero-order valence-corrected chi connectivity index (χ0v) is 17.6. The Morgan fingerprint density at radius 3 is 2.16 bits per heavy atom. The molecule has 2 aromatic carbocycles. The molecular formula is C24H26N2O6. The highest BCUT2D eigenvalue weighted by molar-refractivity contribution is 5.83. The molecule has 2 aliphatic rings. The van der Waals surface area contributed by atoms with Crippen molar-refractivity contribution in [3.05, 3.63) is 59.7 Å². The van der Waals surface area contributed by atoms with Crippen LogP contribution >= 0.6 is 0 Å². The highest BCUT2D eigenvalue weighted by Crippen LogP contribution is 2.44. The molecule has 0 aromatic heterocycles. The van der Waals surface area contributed by atoms with E-state index in [-0.39, 0.29) is 19.1 Å². The largest absolute Gasteiger partial charge is 0.479 e. The van der Waals surface area contributed by atoms with Crippen LogP contribution in [-0.4, -0.2) is 42.8 Å². The number of fused-ring (bicyclic) bond motifs is 3. The smallest absolute Gasteiger partial charge is 0.407 e. The molecule has 0 aliphatic heterocycles. The number of hydroxylamine groups is 1. The monoisotopic (exact) mass is 438 g/mol. The Balaban J connectivity index is 1.35. The third-order valence-corrected chi connectivity index (χ3v) is 6.32. The average molecular weight is 438 g/mol. The molecule has 0 saturated heterocycles. The number of carbonyl (C=O) groups is 3. The summed E-state index contributed by atoms with van der Waals surface area (Å²) in [6.07, 6.45) is 2.27. The van der Waals surface area contributed by atoms with E-state index in [2.05, 4.69) is 35.1 Å². The summed E-state index contributed by atoms with van der Waals surface area (Å²) in [6, 6.07) is 16.2. The number of carboxylic acid groups (broad SMARTS) is 1. The number of aliphatic carboxylic acids is 1. The van der Waals surface area contributed by atoms with Crippen molar-refractivity contribution >= 4 is 18.0 Å². The zero-order chi connectivity index (χ0) is 22.6. The normalized spacial score (nSPS) is 16.1. The van der Waals surface area contributed by atoms with Gasteiger partial charge < -0.3 is 15.2 Å². The molecule has 0 spiro atoms. The second kappa shape index (κ2) is 9.40. The van der Waals surface area contributed by atoms with Crippen LogP contribution in [0.5, 0.6) is 0 Å². The van der Waals surface area contributed by atoms with Gasteiger partial charge in [0.2, 0.25) is 0 Å². The number of nitrogens with one attached hydrogen (secondary N) is 2. The first-order chi connectivity index (χ1) is 15.5. The number of rotatable bonds is 8. The summed E-state index contributed by atoms with van der Waals surface area (Å²) in [6.45, 7) is -0.325. The van der Waals surface area contributed by atoms with Gasteiger partial charge in [-0.3, -0.25) is 9.63 Å². The van der Waals surface area contributed by atoms with Gasteiger partial charge in [-0.2, -0.15) is 0 Å². The lowest BCUT2D eigenvalue weighted by Crippen LogP contribution is -2.47. The van der Waals surface area contributed by atoms with Gasteiger partial charge in [-0.15, -0.1) is 0 Å². The van der Waals surface area contributed by atoms with E-state index >= 15 is 0 Å². The molecule has 0 atom stereocenters. The number of amides is 2. The first-order valence-electron chi connectivity index (χ1n) is 10.7. The molecule has 168 valence electrons. The maximum absolute atomic E-state index is 12.6. The Kier molecular flexibility index (Phi) is 6.41. The van der Waals surface area contributed by atoms with Crippen molar-refractivity contribution in [3.8, 4) is 11.1 Å². The topological polar surface area (TPSA) is 114 Å². The molecule has 32 heavy (non-hydrogen) atoms. The Labute approximate surface area is 185 Å². The third-order valence-electron chi connectivity index (χ3n) is 6.32. The van der Waals surface area contributed by atoms with Gasteiger partial charge in [0.25, 0.3) is 5.91 Å². The Hall–Kier alpha value is -3.39. The van der Waals surface area contributed by atoms with Gasteiger partial charge >= 0.3 is 12.1 Å². The molecular weight excluding hydrogens is 412 g/mol. The molecule has 0 unspecified atom stereocenters. The molecule has 0 bridgehead atoms. The quantitative estimate of drug-likeness (QED) is 0.546. The first kappa shape index (κ1) is 21.8. The van der Waals surface area contributed by atoms with E-state index < -0.39 is 30.0 Å². The van der Waals surface area contributed by atoms with E-state index in [0.717, 1.165) is 35.1 Å². The SMILES string of the molecule is O=C(O)CONC(=O)C1(CNC(=O)OCC2c3ccccc3-c3ccccc32)CCCC1. The summed E-state index contributed by atoms with van der Waals surface area (Å²) in [7, 11) is 0. The van der Waals surface area contributed by atoms with Gasteiger partial charge in [0.1, 0.15) is 6.61 Å². The number of benzene rings is 2. The molecule has 2 aliphatic carbocycles. The molecule has 8 heteroatoms. The minimum atomic E-state index is -1.18. The summed E-state index contributed by atoms with van der Waals surface area (Å²) >= 11 is 0. The van der Waals surface area contributed by atoms with Gasteiger partial charge in [-0.1, -0.05) is 61.4 Å². The van der Waals surface area contributed by atoms with Gasteiger partial charge in [-0.25, -0.2) is 15.1 Å². The van der Waals surface area contributed by atoms with Crippen molar-refractivity contribution in [2.45, 2.75) is 31.6 Å². The molecule has 8 nitrogen and oxygen atoms in total. The Morgan fingerprint density at radius 2 is 1.56 bits per heavy atom. The van der Waals surface area contributed by atoms with Crippen LogP contribution < -0.4 is 10.8 Å². The Morgan fingerprint density at radius 1 is 0.969 bits per heavy atom. The minimum Gasteiger partial charge on any atom is -0.479 e. The number of carbonyl (C=O) groups excluding carboxylic acids is 2. The maximum atomic E-state index is 12.6. The molecule has 0 heterocycles. The number of hydrogen-bond acceptors (Lipinski definition) is 5. The van der Waals surface area contributed by atoms with Crippen molar-refractivity contribution in [1.29, 1.82) is 0 Å². The molecule has 3 N–H and O–H groups in total.